The molecule has 1 atom stereocenters. The SMILES string of the molecule is COCC(C)NC(N)=NCC1CCCCCCC1.I. The number of hydrogen-bond acceptors (Lipinski definition) is 2. The molecule has 0 aromatic rings. The molecule has 5 heteroatoms. The van der Waals surface area contributed by atoms with E-state index in [0.717, 1.165) is 12.5 Å². The van der Waals surface area contributed by atoms with Crippen LogP contribution in [0.1, 0.15) is 51.9 Å². The molecule has 1 aliphatic rings. The third-order valence-corrected chi connectivity index (χ3v) is 3.56. The van der Waals surface area contributed by atoms with Crippen molar-refractivity contribution in [2.24, 2.45) is 16.6 Å². The lowest BCUT2D eigenvalue weighted by Gasteiger charge is -2.18. The summed E-state index contributed by atoms with van der Waals surface area (Å²) in [5, 5.41) is 3.15. The maximum Gasteiger partial charge on any atom is 0.188 e. The van der Waals surface area contributed by atoms with Gasteiger partial charge in [-0.05, 0) is 25.7 Å². The molecule has 0 spiro atoms. The van der Waals surface area contributed by atoms with Gasteiger partial charge in [-0.1, -0.05) is 32.1 Å². The van der Waals surface area contributed by atoms with Gasteiger partial charge in [0.2, 0.25) is 0 Å². The van der Waals surface area contributed by atoms with Gasteiger partial charge < -0.3 is 15.8 Å². The van der Waals surface area contributed by atoms with E-state index in [2.05, 4.69) is 10.3 Å². The second-order valence-corrected chi connectivity index (χ2v) is 5.44. The summed E-state index contributed by atoms with van der Waals surface area (Å²) in [4.78, 5) is 4.47. The van der Waals surface area contributed by atoms with Crippen LogP contribution in [-0.2, 0) is 4.74 Å². The third kappa shape index (κ3) is 9.49. The molecule has 1 unspecified atom stereocenters. The average Bonchev–Trinajstić information content (AvgIpc) is 2.27. The van der Waals surface area contributed by atoms with Crippen LogP contribution in [0, 0.1) is 5.92 Å². The highest BCUT2D eigenvalue weighted by Gasteiger charge is 2.11. The van der Waals surface area contributed by atoms with Crippen molar-refractivity contribution in [2.75, 3.05) is 20.3 Å². The Morgan fingerprint density at radius 2 is 1.84 bits per heavy atom. The highest BCUT2D eigenvalue weighted by Crippen LogP contribution is 2.22. The van der Waals surface area contributed by atoms with E-state index < -0.39 is 0 Å². The molecule has 1 saturated carbocycles. The molecule has 1 fully saturated rings. The molecule has 0 bridgehead atoms. The molecule has 0 saturated heterocycles. The van der Waals surface area contributed by atoms with Crippen molar-refractivity contribution in [1.29, 1.82) is 0 Å². The van der Waals surface area contributed by atoms with E-state index in [1.807, 2.05) is 6.92 Å². The highest BCUT2D eigenvalue weighted by molar-refractivity contribution is 14.0. The minimum atomic E-state index is 0. The Hall–Kier alpha value is -0.0400. The van der Waals surface area contributed by atoms with Gasteiger partial charge >= 0.3 is 0 Å². The van der Waals surface area contributed by atoms with Crippen LogP contribution in [0.4, 0.5) is 0 Å². The van der Waals surface area contributed by atoms with Gasteiger partial charge in [-0.2, -0.15) is 0 Å². The normalized spacial score (nSPS) is 20.0. The molecule has 0 aliphatic heterocycles. The summed E-state index contributed by atoms with van der Waals surface area (Å²) in [6, 6.07) is 0.219. The zero-order chi connectivity index (χ0) is 13.2. The number of nitrogens with one attached hydrogen (secondary N) is 1. The van der Waals surface area contributed by atoms with Crippen LogP contribution in [-0.4, -0.2) is 32.3 Å². The van der Waals surface area contributed by atoms with Gasteiger partial charge in [0.15, 0.2) is 5.96 Å². The summed E-state index contributed by atoms with van der Waals surface area (Å²) >= 11 is 0. The van der Waals surface area contributed by atoms with Crippen LogP contribution >= 0.6 is 24.0 Å². The number of hydrogen-bond donors (Lipinski definition) is 2. The first-order chi connectivity index (χ1) is 8.72. The molecule has 0 amide bonds. The van der Waals surface area contributed by atoms with Crippen molar-refractivity contribution in [3.63, 3.8) is 0 Å². The predicted molar refractivity (Wildman–Crippen MR) is 92.2 cm³/mol. The van der Waals surface area contributed by atoms with Gasteiger partial charge in [0.1, 0.15) is 0 Å². The van der Waals surface area contributed by atoms with Gasteiger partial charge in [-0.25, -0.2) is 0 Å². The zero-order valence-electron chi connectivity index (χ0n) is 12.4. The van der Waals surface area contributed by atoms with E-state index in [9.17, 15) is 0 Å². The molecule has 3 N–H and O–H groups in total. The summed E-state index contributed by atoms with van der Waals surface area (Å²) in [7, 11) is 1.69. The molecule has 0 radical (unpaired) electrons. The summed E-state index contributed by atoms with van der Waals surface area (Å²) in [6.07, 6.45) is 9.52. The standard InChI is InChI=1S/C14H29N3O.HI/c1-12(11-18-2)17-14(15)16-10-13-8-6-4-3-5-7-9-13;/h12-13H,3-11H2,1-2H3,(H3,15,16,17);1H. The molecule has 0 aromatic carbocycles. The van der Waals surface area contributed by atoms with Gasteiger partial charge in [0.25, 0.3) is 0 Å². The van der Waals surface area contributed by atoms with Crippen molar-refractivity contribution in [3.05, 3.63) is 0 Å². The smallest absolute Gasteiger partial charge is 0.188 e. The second kappa shape index (κ2) is 11.8. The fourth-order valence-electron chi connectivity index (χ4n) is 2.54. The Kier molecular flexibility index (Phi) is 11.7. The second-order valence-electron chi connectivity index (χ2n) is 5.44. The predicted octanol–water partition coefficient (Wildman–Crippen LogP) is 2.90. The lowest BCUT2D eigenvalue weighted by atomic mass is 9.91. The Bertz CT molecular complexity index is 241. The molecule has 1 rings (SSSR count). The first kappa shape index (κ1) is 19.0. The van der Waals surface area contributed by atoms with Gasteiger partial charge in [0.05, 0.1) is 6.61 Å². The Labute approximate surface area is 135 Å². The molecule has 1 aliphatic carbocycles. The minimum Gasteiger partial charge on any atom is -0.383 e. The maximum atomic E-state index is 5.88. The van der Waals surface area contributed by atoms with Crippen LogP contribution in [0.25, 0.3) is 0 Å². The Balaban J connectivity index is 0.00000324. The quantitative estimate of drug-likeness (QED) is 0.436. The number of methoxy groups -OCH3 is 1. The van der Waals surface area contributed by atoms with Crippen LogP contribution in [0.2, 0.25) is 0 Å². The number of aliphatic imine (C=N–C) groups is 1. The van der Waals surface area contributed by atoms with Crippen LogP contribution in [0.3, 0.4) is 0 Å². The number of rotatable bonds is 5. The zero-order valence-corrected chi connectivity index (χ0v) is 14.7. The van der Waals surface area contributed by atoms with E-state index in [1.54, 1.807) is 7.11 Å². The minimum absolute atomic E-state index is 0. The van der Waals surface area contributed by atoms with Crippen LogP contribution < -0.4 is 11.1 Å². The first-order valence-corrected chi connectivity index (χ1v) is 7.27. The lowest BCUT2D eigenvalue weighted by molar-refractivity contribution is 0.179. The Morgan fingerprint density at radius 3 is 2.42 bits per heavy atom. The van der Waals surface area contributed by atoms with Crippen molar-refractivity contribution < 1.29 is 4.74 Å². The molecule has 0 heterocycles. The number of halogens is 1. The third-order valence-electron chi connectivity index (χ3n) is 3.56. The fourth-order valence-corrected chi connectivity index (χ4v) is 2.54. The van der Waals surface area contributed by atoms with Gasteiger partial charge in [-0.3, -0.25) is 4.99 Å². The first-order valence-electron chi connectivity index (χ1n) is 7.27. The van der Waals surface area contributed by atoms with Crippen molar-refractivity contribution in [3.8, 4) is 0 Å². The van der Waals surface area contributed by atoms with Gasteiger partial charge in [-0.15, -0.1) is 24.0 Å². The maximum absolute atomic E-state index is 5.88. The molecule has 114 valence electrons. The molecule has 19 heavy (non-hydrogen) atoms. The summed E-state index contributed by atoms with van der Waals surface area (Å²) in [5.74, 6) is 1.28. The molecular formula is C14H30IN3O. The lowest BCUT2D eigenvalue weighted by Crippen LogP contribution is -2.41. The summed E-state index contributed by atoms with van der Waals surface area (Å²) in [6.45, 7) is 3.57. The van der Waals surface area contributed by atoms with E-state index >= 15 is 0 Å². The Morgan fingerprint density at radius 1 is 1.26 bits per heavy atom. The average molecular weight is 383 g/mol. The number of nitrogens with zero attached hydrogens (tertiary/aromatic N) is 1. The van der Waals surface area contributed by atoms with E-state index in [4.69, 9.17) is 10.5 Å². The molecular weight excluding hydrogens is 353 g/mol. The monoisotopic (exact) mass is 383 g/mol. The fraction of sp³-hybridized carbons (Fsp3) is 0.929. The number of ether oxygens (including phenoxy) is 1. The van der Waals surface area contributed by atoms with E-state index in [1.165, 1.54) is 44.9 Å². The molecule has 0 aromatic heterocycles. The number of guanidine groups is 1. The van der Waals surface area contributed by atoms with Gasteiger partial charge in [0, 0.05) is 19.7 Å². The number of nitrogens with two attached hydrogens (primary N) is 1. The van der Waals surface area contributed by atoms with Crippen LogP contribution in [0.15, 0.2) is 4.99 Å². The summed E-state index contributed by atoms with van der Waals surface area (Å²) < 4.78 is 5.06. The van der Waals surface area contributed by atoms with Crippen molar-refractivity contribution >= 4 is 29.9 Å². The summed E-state index contributed by atoms with van der Waals surface area (Å²) in [5.41, 5.74) is 5.88. The largest absolute Gasteiger partial charge is 0.383 e. The van der Waals surface area contributed by atoms with Crippen molar-refractivity contribution in [2.45, 2.75) is 57.9 Å². The highest BCUT2D eigenvalue weighted by atomic mass is 127. The van der Waals surface area contributed by atoms with Crippen molar-refractivity contribution in [1.82, 2.24) is 5.32 Å². The topological polar surface area (TPSA) is 59.6 Å². The van der Waals surface area contributed by atoms with E-state index in [-0.39, 0.29) is 30.0 Å². The van der Waals surface area contributed by atoms with Crippen LogP contribution in [0.5, 0.6) is 0 Å². The van der Waals surface area contributed by atoms with E-state index in [0.29, 0.717) is 12.6 Å². The molecule has 4 nitrogen and oxygen atoms in total.